The van der Waals surface area contributed by atoms with E-state index < -0.39 is 0 Å². The Hall–Kier alpha value is -2.50. The van der Waals surface area contributed by atoms with Crippen LogP contribution >= 0.6 is 22.9 Å². The summed E-state index contributed by atoms with van der Waals surface area (Å²) < 4.78 is 11.1. The van der Waals surface area contributed by atoms with Gasteiger partial charge in [-0.3, -0.25) is 4.79 Å². The maximum absolute atomic E-state index is 12.5. The van der Waals surface area contributed by atoms with Gasteiger partial charge in [-0.2, -0.15) is 0 Å². The number of carbonyl (C=O) groups is 1. The van der Waals surface area contributed by atoms with E-state index in [1.165, 1.54) is 11.3 Å². The normalized spacial score (nSPS) is 10.4. The first kappa shape index (κ1) is 18.3. The van der Waals surface area contributed by atoms with Gasteiger partial charge in [0.1, 0.15) is 6.61 Å². The maximum Gasteiger partial charge on any atom is 0.265 e. The number of rotatable bonds is 6. The second-order valence-electron chi connectivity index (χ2n) is 5.67. The third-order valence-corrected chi connectivity index (χ3v) is 5.00. The number of halogens is 1. The zero-order chi connectivity index (χ0) is 18.5. The van der Waals surface area contributed by atoms with Crippen molar-refractivity contribution >= 4 is 34.5 Å². The molecule has 1 N–H and O–H groups in total. The van der Waals surface area contributed by atoms with Crippen LogP contribution in [0.2, 0.25) is 5.02 Å². The maximum atomic E-state index is 12.5. The Balaban J connectivity index is 1.65. The molecule has 3 rings (SSSR count). The fraction of sp³-hybridized carbons (Fsp3) is 0.150. The number of benzene rings is 2. The lowest BCUT2D eigenvalue weighted by atomic mass is 10.2. The Kier molecular flexibility index (Phi) is 5.81. The van der Waals surface area contributed by atoms with Crippen LogP contribution in [0.5, 0.6) is 11.5 Å². The molecule has 0 atom stereocenters. The van der Waals surface area contributed by atoms with Crippen molar-refractivity contribution in [2.45, 2.75) is 13.5 Å². The highest BCUT2D eigenvalue weighted by atomic mass is 35.5. The Morgan fingerprint density at radius 1 is 1.15 bits per heavy atom. The lowest BCUT2D eigenvalue weighted by Gasteiger charge is -2.09. The summed E-state index contributed by atoms with van der Waals surface area (Å²) in [6.45, 7) is 2.28. The smallest absolute Gasteiger partial charge is 0.265 e. The summed E-state index contributed by atoms with van der Waals surface area (Å²) in [5.41, 5.74) is 2.59. The molecule has 26 heavy (non-hydrogen) atoms. The third kappa shape index (κ3) is 4.36. The van der Waals surface area contributed by atoms with E-state index >= 15 is 0 Å². The van der Waals surface area contributed by atoms with E-state index in [4.69, 9.17) is 21.1 Å². The number of para-hydroxylation sites is 2. The van der Waals surface area contributed by atoms with Gasteiger partial charge in [-0.05, 0) is 48.2 Å². The minimum Gasteiger partial charge on any atom is -0.493 e. The summed E-state index contributed by atoms with van der Waals surface area (Å²) in [5, 5.41) is 5.40. The van der Waals surface area contributed by atoms with E-state index in [0.717, 1.165) is 11.1 Å². The van der Waals surface area contributed by atoms with Gasteiger partial charge in [0.05, 0.1) is 12.0 Å². The van der Waals surface area contributed by atoms with Crippen molar-refractivity contribution in [1.29, 1.82) is 0 Å². The van der Waals surface area contributed by atoms with E-state index in [0.29, 0.717) is 33.7 Å². The molecule has 0 saturated carbocycles. The van der Waals surface area contributed by atoms with E-state index in [1.54, 1.807) is 19.2 Å². The number of amides is 1. The number of anilines is 1. The molecule has 0 aliphatic carbocycles. The number of methoxy groups -OCH3 is 1. The molecule has 0 aliphatic heterocycles. The molecule has 0 radical (unpaired) electrons. The van der Waals surface area contributed by atoms with Gasteiger partial charge in [-0.25, -0.2) is 0 Å². The van der Waals surface area contributed by atoms with E-state index in [9.17, 15) is 4.79 Å². The second kappa shape index (κ2) is 8.25. The van der Waals surface area contributed by atoms with Crippen LogP contribution in [0, 0.1) is 6.92 Å². The standard InChI is InChI=1S/C20H18ClNO3S/c1-13-7-8-15(21)10-16(13)22-20(23)19-9-14(12-26-19)11-25-18-6-4-3-5-17(18)24-2/h3-10,12H,11H2,1-2H3,(H,22,23). The van der Waals surface area contributed by atoms with E-state index in [2.05, 4.69) is 5.32 Å². The predicted molar refractivity (Wildman–Crippen MR) is 106 cm³/mol. The Labute approximate surface area is 161 Å². The molecule has 4 nitrogen and oxygen atoms in total. The largest absolute Gasteiger partial charge is 0.493 e. The van der Waals surface area contributed by atoms with Crippen LogP contribution in [-0.2, 0) is 6.61 Å². The molecule has 1 heterocycles. The number of carbonyl (C=O) groups excluding carboxylic acids is 1. The molecule has 0 bridgehead atoms. The van der Waals surface area contributed by atoms with Crippen molar-refractivity contribution in [3.63, 3.8) is 0 Å². The van der Waals surface area contributed by atoms with Gasteiger partial charge in [-0.15, -0.1) is 11.3 Å². The number of ether oxygens (including phenoxy) is 2. The van der Waals surface area contributed by atoms with Crippen LogP contribution in [0.4, 0.5) is 5.69 Å². The SMILES string of the molecule is COc1ccccc1OCc1csc(C(=O)Nc2cc(Cl)ccc2C)c1. The van der Waals surface area contributed by atoms with E-state index in [1.807, 2.05) is 48.7 Å². The number of hydrogen-bond donors (Lipinski definition) is 1. The van der Waals surface area contributed by atoms with Crippen LogP contribution in [0.1, 0.15) is 20.8 Å². The molecular weight excluding hydrogens is 370 g/mol. The summed E-state index contributed by atoms with van der Waals surface area (Å²) >= 11 is 7.37. The third-order valence-electron chi connectivity index (χ3n) is 3.79. The molecule has 0 saturated heterocycles. The van der Waals surface area contributed by atoms with Gasteiger partial charge in [0.25, 0.3) is 5.91 Å². The fourth-order valence-corrected chi connectivity index (χ4v) is 3.35. The first-order valence-corrected chi connectivity index (χ1v) is 9.23. The van der Waals surface area contributed by atoms with Gasteiger partial charge >= 0.3 is 0 Å². The highest BCUT2D eigenvalue weighted by Gasteiger charge is 2.12. The lowest BCUT2D eigenvalue weighted by molar-refractivity contribution is 0.103. The molecule has 1 amide bonds. The van der Waals surface area contributed by atoms with Crippen LogP contribution in [0.3, 0.4) is 0 Å². The zero-order valence-corrected chi connectivity index (χ0v) is 16.0. The minimum atomic E-state index is -0.163. The second-order valence-corrected chi connectivity index (χ2v) is 7.02. The quantitative estimate of drug-likeness (QED) is 0.603. The highest BCUT2D eigenvalue weighted by Crippen LogP contribution is 2.27. The van der Waals surface area contributed by atoms with Crippen molar-refractivity contribution in [2.24, 2.45) is 0 Å². The topological polar surface area (TPSA) is 47.6 Å². The highest BCUT2D eigenvalue weighted by molar-refractivity contribution is 7.12. The van der Waals surface area contributed by atoms with Gasteiger partial charge in [0.15, 0.2) is 11.5 Å². The molecule has 0 spiro atoms. The molecule has 1 aromatic heterocycles. The van der Waals surface area contributed by atoms with Crippen LogP contribution < -0.4 is 14.8 Å². The molecule has 2 aromatic carbocycles. The van der Waals surface area contributed by atoms with Crippen molar-refractivity contribution in [1.82, 2.24) is 0 Å². The van der Waals surface area contributed by atoms with Crippen LogP contribution in [0.25, 0.3) is 0 Å². The van der Waals surface area contributed by atoms with Crippen molar-refractivity contribution in [3.05, 3.63) is 74.9 Å². The first-order valence-electron chi connectivity index (χ1n) is 7.97. The molecule has 0 fully saturated rings. The monoisotopic (exact) mass is 387 g/mol. The summed E-state index contributed by atoms with van der Waals surface area (Å²) in [4.78, 5) is 13.1. The summed E-state index contributed by atoms with van der Waals surface area (Å²) in [6.07, 6.45) is 0. The van der Waals surface area contributed by atoms with Gasteiger partial charge < -0.3 is 14.8 Å². The van der Waals surface area contributed by atoms with Crippen LogP contribution in [-0.4, -0.2) is 13.0 Å². The molecule has 0 unspecified atom stereocenters. The minimum absolute atomic E-state index is 0.163. The average Bonchev–Trinajstić information content (AvgIpc) is 3.12. The van der Waals surface area contributed by atoms with Crippen molar-refractivity contribution < 1.29 is 14.3 Å². The average molecular weight is 388 g/mol. The Morgan fingerprint density at radius 2 is 1.92 bits per heavy atom. The van der Waals surface area contributed by atoms with Crippen LogP contribution in [0.15, 0.2) is 53.9 Å². The molecule has 134 valence electrons. The summed E-state index contributed by atoms with van der Waals surface area (Å²) in [7, 11) is 1.60. The zero-order valence-electron chi connectivity index (χ0n) is 14.4. The molecular formula is C20H18ClNO3S. The molecule has 0 aliphatic rings. The summed E-state index contributed by atoms with van der Waals surface area (Å²) in [5.74, 6) is 1.18. The number of hydrogen-bond acceptors (Lipinski definition) is 4. The van der Waals surface area contributed by atoms with Gasteiger partial charge in [0.2, 0.25) is 0 Å². The van der Waals surface area contributed by atoms with Gasteiger partial charge in [-0.1, -0.05) is 29.8 Å². The lowest BCUT2D eigenvalue weighted by Crippen LogP contribution is -2.11. The number of thiophene rings is 1. The molecule has 3 aromatic rings. The molecule has 6 heteroatoms. The predicted octanol–water partition coefficient (Wildman–Crippen LogP) is 5.55. The van der Waals surface area contributed by atoms with Crippen molar-refractivity contribution in [2.75, 3.05) is 12.4 Å². The first-order chi connectivity index (χ1) is 12.6. The van der Waals surface area contributed by atoms with E-state index in [-0.39, 0.29) is 5.91 Å². The fourth-order valence-electron chi connectivity index (χ4n) is 2.38. The number of aryl methyl sites for hydroxylation is 1. The van der Waals surface area contributed by atoms with Crippen molar-refractivity contribution in [3.8, 4) is 11.5 Å². The summed E-state index contributed by atoms with van der Waals surface area (Å²) in [6, 6.07) is 14.7. The Morgan fingerprint density at radius 3 is 2.69 bits per heavy atom. The number of nitrogens with one attached hydrogen (secondary N) is 1. The van der Waals surface area contributed by atoms with Gasteiger partial charge in [0, 0.05) is 16.3 Å². The Bertz CT molecular complexity index is 923.